The molecule has 0 radical (unpaired) electrons. The number of morpholine rings is 1. The summed E-state index contributed by atoms with van der Waals surface area (Å²) in [5.41, 5.74) is -0.478. The van der Waals surface area contributed by atoms with E-state index in [-0.39, 0.29) is 12.4 Å². The van der Waals surface area contributed by atoms with E-state index < -0.39 is 23.6 Å². The Morgan fingerprint density at radius 1 is 1.17 bits per heavy atom. The first-order valence-electron chi connectivity index (χ1n) is 6.80. The van der Waals surface area contributed by atoms with E-state index in [1.807, 2.05) is 0 Å². The van der Waals surface area contributed by atoms with Crippen molar-refractivity contribution in [2.45, 2.75) is 12.2 Å². The lowest BCUT2D eigenvalue weighted by Crippen LogP contribution is -2.41. The fourth-order valence-corrected chi connectivity index (χ4v) is 2.39. The zero-order chi connectivity index (χ0) is 16.4. The Morgan fingerprint density at radius 2 is 2.00 bits per heavy atom. The average molecular weight is 328 g/mol. The number of pyridine rings is 1. The Hall–Kier alpha value is -2.29. The topological polar surface area (TPSA) is 51.1 Å². The molecule has 1 fully saturated rings. The molecule has 3 rings (SSSR count). The Kier molecular flexibility index (Phi) is 4.12. The van der Waals surface area contributed by atoms with Crippen molar-refractivity contribution in [3.63, 3.8) is 0 Å². The quantitative estimate of drug-likeness (QED) is 0.793. The molecule has 23 heavy (non-hydrogen) atoms. The second-order valence-corrected chi connectivity index (χ2v) is 4.95. The molecule has 0 bridgehead atoms. The Balaban J connectivity index is 1.91. The van der Waals surface area contributed by atoms with Gasteiger partial charge in [0.1, 0.15) is 6.33 Å². The number of nitrogens with zero attached hydrogens (tertiary/aromatic N) is 4. The van der Waals surface area contributed by atoms with Crippen LogP contribution in [0.25, 0.3) is 0 Å². The molecule has 1 unspecified atom stereocenters. The molecule has 1 aliphatic rings. The van der Waals surface area contributed by atoms with Gasteiger partial charge in [0.2, 0.25) is 0 Å². The van der Waals surface area contributed by atoms with E-state index in [0.29, 0.717) is 18.8 Å². The minimum atomic E-state index is -4.45. The predicted molar refractivity (Wildman–Crippen MR) is 72.1 cm³/mol. The first-order chi connectivity index (χ1) is 11.0. The van der Waals surface area contributed by atoms with Gasteiger partial charge in [-0.1, -0.05) is 0 Å². The molecule has 1 saturated heterocycles. The molecule has 3 heterocycles. The molecule has 0 aromatic carbocycles. The maximum atomic E-state index is 13.9. The highest BCUT2D eigenvalue weighted by atomic mass is 19.4. The number of hydrogen-bond acceptors (Lipinski definition) is 5. The van der Waals surface area contributed by atoms with Gasteiger partial charge < -0.3 is 9.64 Å². The number of aromatic nitrogens is 3. The highest BCUT2D eigenvalue weighted by molar-refractivity contribution is 5.42. The standard InChI is InChI=1S/C14H12F4N4O/c15-10-6-19-8-21-13(10)22-3-4-23-7-12(22)11-2-1-9(5-20-11)14(16,17)18/h1-2,5-6,8,12H,3-4,7H2. The largest absolute Gasteiger partial charge is 0.417 e. The van der Waals surface area contributed by atoms with Crippen LogP contribution in [0, 0.1) is 5.82 Å². The fraction of sp³-hybridized carbons (Fsp3) is 0.357. The first-order valence-corrected chi connectivity index (χ1v) is 6.80. The molecule has 122 valence electrons. The molecule has 0 saturated carbocycles. The molecule has 1 atom stereocenters. The molecular formula is C14H12F4N4O. The number of rotatable bonds is 2. The van der Waals surface area contributed by atoms with Crippen molar-refractivity contribution < 1.29 is 22.3 Å². The lowest BCUT2D eigenvalue weighted by molar-refractivity contribution is -0.137. The van der Waals surface area contributed by atoms with E-state index in [1.54, 1.807) is 4.90 Å². The van der Waals surface area contributed by atoms with Crippen LogP contribution in [0.1, 0.15) is 17.3 Å². The zero-order valence-corrected chi connectivity index (χ0v) is 11.8. The van der Waals surface area contributed by atoms with Crippen molar-refractivity contribution in [1.82, 2.24) is 15.0 Å². The van der Waals surface area contributed by atoms with Crippen LogP contribution in [0.15, 0.2) is 30.9 Å². The molecule has 0 spiro atoms. The average Bonchev–Trinajstić information content (AvgIpc) is 2.55. The van der Waals surface area contributed by atoms with Crippen molar-refractivity contribution in [2.75, 3.05) is 24.7 Å². The number of anilines is 1. The van der Waals surface area contributed by atoms with Gasteiger partial charge >= 0.3 is 6.18 Å². The van der Waals surface area contributed by atoms with E-state index in [1.165, 1.54) is 12.4 Å². The normalized spacial score (nSPS) is 19.0. The molecule has 2 aromatic rings. The molecule has 2 aromatic heterocycles. The summed E-state index contributed by atoms with van der Waals surface area (Å²) in [6, 6.07) is 1.70. The number of ether oxygens (including phenoxy) is 1. The van der Waals surface area contributed by atoms with Crippen LogP contribution in [0.2, 0.25) is 0 Å². The van der Waals surface area contributed by atoms with E-state index in [9.17, 15) is 17.6 Å². The SMILES string of the molecule is Fc1cncnc1N1CCOCC1c1ccc(C(F)(F)F)cn1. The first kappa shape index (κ1) is 15.6. The lowest BCUT2D eigenvalue weighted by atomic mass is 10.1. The van der Waals surface area contributed by atoms with Gasteiger partial charge in [0.15, 0.2) is 11.6 Å². The smallest absolute Gasteiger partial charge is 0.377 e. The summed E-state index contributed by atoms with van der Waals surface area (Å²) in [6.07, 6.45) is -1.44. The van der Waals surface area contributed by atoms with Crippen LogP contribution in [-0.4, -0.2) is 34.7 Å². The van der Waals surface area contributed by atoms with Crippen molar-refractivity contribution in [1.29, 1.82) is 0 Å². The van der Waals surface area contributed by atoms with Gasteiger partial charge in [-0.15, -0.1) is 0 Å². The van der Waals surface area contributed by atoms with Gasteiger partial charge in [-0.2, -0.15) is 13.2 Å². The third-order valence-electron chi connectivity index (χ3n) is 3.50. The molecule has 0 amide bonds. The third kappa shape index (κ3) is 3.24. The van der Waals surface area contributed by atoms with Crippen LogP contribution in [0.5, 0.6) is 0 Å². The predicted octanol–water partition coefficient (Wildman–Crippen LogP) is 2.61. The minimum Gasteiger partial charge on any atom is -0.377 e. The zero-order valence-electron chi connectivity index (χ0n) is 11.8. The van der Waals surface area contributed by atoms with Crippen molar-refractivity contribution in [3.05, 3.63) is 47.9 Å². The van der Waals surface area contributed by atoms with Crippen LogP contribution in [0.3, 0.4) is 0 Å². The van der Waals surface area contributed by atoms with Crippen LogP contribution in [-0.2, 0) is 10.9 Å². The highest BCUT2D eigenvalue weighted by Crippen LogP contribution is 2.32. The molecule has 0 N–H and O–H groups in total. The Labute approximate surface area is 129 Å². The summed E-state index contributed by atoms with van der Waals surface area (Å²) in [5, 5.41) is 0. The number of halogens is 4. The van der Waals surface area contributed by atoms with Gasteiger partial charge in [-0.3, -0.25) is 4.98 Å². The maximum Gasteiger partial charge on any atom is 0.417 e. The van der Waals surface area contributed by atoms with Crippen LogP contribution in [0.4, 0.5) is 23.4 Å². The van der Waals surface area contributed by atoms with Crippen molar-refractivity contribution in [3.8, 4) is 0 Å². The molecular weight excluding hydrogens is 316 g/mol. The van der Waals surface area contributed by atoms with Crippen LogP contribution >= 0.6 is 0 Å². The molecule has 1 aliphatic heterocycles. The van der Waals surface area contributed by atoms with Crippen LogP contribution < -0.4 is 4.90 Å². The molecule has 9 heteroatoms. The van der Waals surface area contributed by atoms with Gasteiger partial charge in [-0.05, 0) is 12.1 Å². The summed E-state index contributed by atoms with van der Waals surface area (Å²) in [5.74, 6) is -0.527. The summed E-state index contributed by atoms with van der Waals surface area (Å²) in [4.78, 5) is 13.0. The van der Waals surface area contributed by atoms with E-state index in [4.69, 9.17) is 4.74 Å². The van der Waals surface area contributed by atoms with Gasteiger partial charge in [-0.25, -0.2) is 14.4 Å². The maximum absolute atomic E-state index is 13.9. The third-order valence-corrected chi connectivity index (χ3v) is 3.50. The van der Waals surface area contributed by atoms with E-state index >= 15 is 0 Å². The van der Waals surface area contributed by atoms with Crippen molar-refractivity contribution >= 4 is 5.82 Å². The van der Waals surface area contributed by atoms with E-state index in [0.717, 1.165) is 18.5 Å². The number of alkyl halides is 3. The summed E-state index contributed by atoms with van der Waals surface area (Å²) in [6.45, 7) is 0.893. The summed E-state index contributed by atoms with van der Waals surface area (Å²) < 4.78 is 57.1. The summed E-state index contributed by atoms with van der Waals surface area (Å²) in [7, 11) is 0. The molecule has 5 nitrogen and oxygen atoms in total. The second kappa shape index (κ2) is 6.07. The second-order valence-electron chi connectivity index (χ2n) is 4.95. The van der Waals surface area contributed by atoms with Gasteiger partial charge in [0, 0.05) is 12.7 Å². The summed E-state index contributed by atoms with van der Waals surface area (Å²) >= 11 is 0. The van der Waals surface area contributed by atoms with Gasteiger partial charge in [0.25, 0.3) is 0 Å². The van der Waals surface area contributed by atoms with Crippen molar-refractivity contribution in [2.24, 2.45) is 0 Å². The fourth-order valence-electron chi connectivity index (χ4n) is 2.39. The van der Waals surface area contributed by atoms with E-state index in [2.05, 4.69) is 15.0 Å². The Morgan fingerprint density at radius 3 is 2.65 bits per heavy atom. The lowest BCUT2D eigenvalue weighted by Gasteiger charge is -2.36. The minimum absolute atomic E-state index is 0.0787. The monoisotopic (exact) mass is 328 g/mol. The molecule has 0 aliphatic carbocycles. The highest BCUT2D eigenvalue weighted by Gasteiger charge is 2.33. The Bertz CT molecular complexity index is 677. The van der Waals surface area contributed by atoms with Gasteiger partial charge in [0.05, 0.1) is 36.7 Å². The number of hydrogen-bond donors (Lipinski definition) is 0.